The number of nitrogens with zero attached hydrogens (tertiary/aromatic N) is 1. The molecule has 0 saturated heterocycles. The van der Waals surface area contributed by atoms with Crippen molar-refractivity contribution < 1.29 is 9.59 Å². The molecule has 0 fully saturated rings. The molecule has 2 heterocycles. The van der Waals surface area contributed by atoms with Gasteiger partial charge in [0.1, 0.15) is 0 Å². The van der Waals surface area contributed by atoms with E-state index in [1.807, 2.05) is 73.7 Å². The van der Waals surface area contributed by atoms with Crippen LogP contribution in [0.2, 0.25) is 0 Å². The summed E-state index contributed by atoms with van der Waals surface area (Å²) in [5, 5.41) is 6.38. The monoisotopic (exact) mass is 383 g/mol. The maximum absolute atomic E-state index is 13.5. The summed E-state index contributed by atoms with van der Waals surface area (Å²) in [5.41, 5.74) is 3.70. The Morgan fingerprint density at radius 2 is 1.66 bits per heavy atom. The molecule has 0 radical (unpaired) electrons. The number of aryl methyl sites for hydroxylation is 1. The lowest BCUT2D eigenvalue weighted by molar-refractivity contribution is -0.125. The molecule has 2 N–H and O–H groups in total. The van der Waals surface area contributed by atoms with Gasteiger partial charge in [-0.25, -0.2) is 0 Å². The highest BCUT2D eigenvalue weighted by Crippen LogP contribution is 2.45. The molecular weight excluding hydrogens is 362 g/mol. The van der Waals surface area contributed by atoms with Gasteiger partial charge in [0, 0.05) is 23.5 Å². The third-order valence-electron chi connectivity index (χ3n) is 5.73. The van der Waals surface area contributed by atoms with Gasteiger partial charge in [0.25, 0.3) is 11.8 Å². The lowest BCUT2D eigenvalue weighted by Gasteiger charge is -2.44. The van der Waals surface area contributed by atoms with E-state index in [-0.39, 0.29) is 11.8 Å². The van der Waals surface area contributed by atoms with Gasteiger partial charge in [-0.15, -0.1) is 0 Å². The van der Waals surface area contributed by atoms with E-state index in [1.54, 1.807) is 11.0 Å². The number of benzene rings is 3. The molecule has 3 aromatic carbocycles. The van der Waals surface area contributed by atoms with Crippen molar-refractivity contribution >= 4 is 23.2 Å². The van der Waals surface area contributed by atoms with Crippen molar-refractivity contribution in [3.8, 4) is 0 Å². The van der Waals surface area contributed by atoms with Crippen LogP contribution in [0.1, 0.15) is 27.0 Å². The molecule has 144 valence electrons. The zero-order chi connectivity index (χ0) is 20.0. The van der Waals surface area contributed by atoms with Crippen molar-refractivity contribution in [3.63, 3.8) is 0 Å². The molecule has 0 aliphatic carbocycles. The molecule has 0 saturated carbocycles. The fraction of sp³-hybridized carbons (Fsp3) is 0.167. The fourth-order valence-electron chi connectivity index (χ4n) is 4.29. The normalized spacial score (nSPS) is 19.6. The van der Waals surface area contributed by atoms with Crippen LogP contribution in [0.15, 0.2) is 72.8 Å². The first-order valence-corrected chi connectivity index (χ1v) is 9.75. The Morgan fingerprint density at radius 3 is 2.48 bits per heavy atom. The number of anilines is 2. The number of amides is 2. The van der Waals surface area contributed by atoms with Crippen molar-refractivity contribution in [2.45, 2.75) is 19.0 Å². The first-order valence-electron chi connectivity index (χ1n) is 9.75. The SMILES string of the molecule is Cc1ccc2c(c1)[C@]1(Nc3ccccc3C(=O)N1CCc1ccccc1)C(=O)N2. The number of carbonyl (C=O) groups is 2. The van der Waals surface area contributed by atoms with E-state index in [4.69, 9.17) is 0 Å². The van der Waals surface area contributed by atoms with Crippen molar-refractivity contribution in [2.75, 3.05) is 17.2 Å². The predicted octanol–water partition coefficient (Wildman–Crippen LogP) is 3.91. The van der Waals surface area contributed by atoms with Gasteiger partial charge >= 0.3 is 0 Å². The van der Waals surface area contributed by atoms with Gasteiger partial charge in [-0.3, -0.25) is 9.59 Å². The van der Waals surface area contributed by atoms with E-state index >= 15 is 0 Å². The number of rotatable bonds is 3. The van der Waals surface area contributed by atoms with Gasteiger partial charge in [0.05, 0.1) is 5.56 Å². The van der Waals surface area contributed by atoms with E-state index in [0.29, 0.717) is 24.2 Å². The summed E-state index contributed by atoms with van der Waals surface area (Å²) in [6.07, 6.45) is 0.659. The predicted molar refractivity (Wildman–Crippen MR) is 113 cm³/mol. The summed E-state index contributed by atoms with van der Waals surface area (Å²) < 4.78 is 0. The summed E-state index contributed by atoms with van der Waals surface area (Å²) in [5.74, 6) is -0.367. The van der Waals surface area contributed by atoms with Crippen molar-refractivity contribution in [2.24, 2.45) is 0 Å². The van der Waals surface area contributed by atoms with Crippen LogP contribution in [-0.2, 0) is 16.9 Å². The van der Waals surface area contributed by atoms with Crippen LogP contribution < -0.4 is 10.6 Å². The minimum Gasteiger partial charge on any atom is -0.350 e. The second-order valence-electron chi connectivity index (χ2n) is 7.58. The van der Waals surface area contributed by atoms with Gasteiger partial charge in [0.15, 0.2) is 0 Å². The Hall–Kier alpha value is -3.60. The minimum absolute atomic E-state index is 0.139. The Balaban J connectivity index is 1.65. The molecule has 5 rings (SSSR count). The molecule has 0 bridgehead atoms. The number of hydrogen-bond donors (Lipinski definition) is 2. The maximum atomic E-state index is 13.5. The Kier molecular flexibility index (Phi) is 3.91. The zero-order valence-corrected chi connectivity index (χ0v) is 16.1. The van der Waals surface area contributed by atoms with E-state index in [1.165, 1.54) is 0 Å². The van der Waals surface area contributed by atoms with Crippen LogP contribution in [0.3, 0.4) is 0 Å². The summed E-state index contributed by atoms with van der Waals surface area (Å²) in [6.45, 7) is 2.41. The first-order chi connectivity index (χ1) is 14.1. The highest BCUT2D eigenvalue weighted by atomic mass is 16.2. The molecule has 1 atom stereocenters. The van der Waals surface area contributed by atoms with Crippen molar-refractivity contribution in [1.82, 2.24) is 4.90 Å². The number of carbonyl (C=O) groups excluding carboxylic acids is 2. The quantitative estimate of drug-likeness (QED) is 0.721. The van der Waals surface area contributed by atoms with Crippen LogP contribution in [0.25, 0.3) is 0 Å². The highest BCUT2D eigenvalue weighted by molar-refractivity contribution is 6.14. The molecule has 0 aromatic heterocycles. The molecular formula is C24H21N3O2. The van der Waals surface area contributed by atoms with Gasteiger partial charge in [-0.2, -0.15) is 0 Å². The van der Waals surface area contributed by atoms with Crippen LogP contribution in [0.5, 0.6) is 0 Å². The fourth-order valence-corrected chi connectivity index (χ4v) is 4.29. The lowest BCUT2D eigenvalue weighted by Crippen LogP contribution is -2.61. The van der Waals surface area contributed by atoms with E-state index in [0.717, 1.165) is 22.4 Å². The topological polar surface area (TPSA) is 61.4 Å². The third kappa shape index (κ3) is 2.62. The highest BCUT2D eigenvalue weighted by Gasteiger charge is 2.56. The largest absolute Gasteiger partial charge is 0.350 e. The average Bonchev–Trinajstić information content (AvgIpc) is 3.00. The first kappa shape index (κ1) is 17.5. The standard InChI is InChI=1S/C24H21N3O2/c1-16-11-12-21-19(15-16)24(23(29)25-21)26-20-10-6-5-9-18(20)22(28)27(24)14-13-17-7-3-2-4-8-17/h2-12,15,26H,13-14H2,1H3,(H,25,29)/t24-/m1/s1. The number of hydrogen-bond acceptors (Lipinski definition) is 3. The molecule has 1 spiro atoms. The summed E-state index contributed by atoms with van der Waals surface area (Å²) in [4.78, 5) is 28.6. The lowest BCUT2D eigenvalue weighted by atomic mass is 9.91. The van der Waals surface area contributed by atoms with Crippen LogP contribution >= 0.6 is 0 Å². The molecule has 3 aromatic rings. The Labute approximate surface area is 169 Å². The van der Waals surface area contributed by atoms with Gasteiger partial charge in [-0.1, -0.05) is 54.1 Å². The second-order valence-corrected chi connectivity index (χ2v) is 7.58. The van der Waals surface area contributed by atoms with E-state index in [2.05, 4.69) is 10.6 Å². The maximum Gasteiger partial charge on any atom is 0.276 e. The Morgan fingerprint density at radius 1 is 0.897 bits per heavy atom. The molecule has 2 aliphatic rings. The molecule has 5 nitrogen and oxygen atoms in total. The molecule has 2 amide bonds. The molecule has 2 aliphatic heterocycles. The van der Waals surface area contributed by atoms with Gasteiger partial charge in [-0.05, 0) is 43.2 Å². The van der Waals surface area contributed by atoms with Gasteiger partial charge < -0.3 is 15.5 Å². The summed E-state index contributed by atoms with van der Waals surface area (Å²) >= 11 is 0. The van der Waals surface area contributed by atoms with Crippen LogP contribution in [-0.4, -0.2) is 23.3 Å². The van der Waals surface area contributed by atoms with Crippen molar-refractivity contribution in [1.29, 1.82) is 0 Å². The molecule has 29 heavy (non-hydrogen) atoms. The van der Waals surface area contributed by atoms with Gasteiger partial charge in [0.2, 0.25) is 5.66 Å². The average molecular weight is 383 g/mol. The minimum atomic E-state index is -1.25. The zero-order valence-electron chi connectivity index (χ0n) is 16.1. The van der Waals surface area contributed by atoms with Crippen molar-refractivity contribution in [3.05, 3.63) is 95.1 Å². The van der Waals surface area contributed by atoms with E-state index < -0.39 is 5.66 Å². The second kappa shape index (κ2) is 6.48. The van der Waals surface area contributed by atoms with Crippen LogP contribution in [0.4, 0.5) is 11.4 Å². The Bertz CT molecular complexity index is 1130. The smallest absolute Gasteiger partial charge is 0.276 e. The molecule has 0 unspecified atom stereocenters. The number of nitrogens with one attached hydrogen (secondary N) is 2. The molecule has 5 heteroatoms. The summed E-state index contributed by atoms with van der Waals surface area (Å²) in [7, 11) is 0. The number of para-hydroxylation sites is 1. The summed E-state index contributed by atoms with van der Waals surface area (Å²) in [6, 6.07) is 23.2. The third-order valence-corrected chi connectivity index (χ3v) is 5.73. The number of fused-ring (bicyclic) bond motifs is 3. The van der Waals surface area contributed by atoms with Crippen LogP contribution in [0, 0.1) is 6.92 Å². The van der Waals surface area contributed by atoms with E-state index in [9.17, 15) is 9.59 Å².